The van der Waals surface area contributed by atoms with E-state index in [4.69, 9.17) is 0 Å². The number of hydrogen-bond acceptors (Lipinski definition) is 3. The standard InChI is InChI=1S/C18H13BrF3N3O/c19-12-6-8-13(9-7-12)25-15(11-4-2-1-3-5-11)17(16(25)26)10-14(23-24-17)18(20,21)22/h1-9,15,24H,10H2/t15-,17-/m1/s1. The number of β-lactam (4-membered cyclic amide) rings is 1. The predicted molar refractivity (Wildman–Crippen MR) is 94.8 cm³/mol. The van der Waals surface area contributed by atoms with Gasteiger partial charge in [-0.1, -0.05) is 46.3 Å². The second-order valence-corrected chi connectivity index (χ2v) is 7.20. The van der Waals surface area contributed by atoms with Crippen LogP contribution in [-0.4, -0.2) is 23.3 Å². The summed E-state index contributed by atoms with van der Waals surface area (Å²) in [6, 6.07) is 15.5. The average Bonchev–Trinajstić information content (AvgIpc) is 3.09. The molecule has 0 radical (unpaired) electrons. The molecule has 1 spiro atoms. The number of hydrogen-bond donors (Lipinski definition) is 1. The molecule has 2 aliphatic heterocycles. The smallest absolute Gasteiger partial charge is 0.300 e. The monoisotopic (exact) mass is 423 g/mol. The number of amides is 1. The molecular weight excluding hydrogens is 411 g/mol. The predicted octanol–water partition coefficient (Wildman–Crippen LogP) is 4.19. The summed E-state index contributed by atoms with van der Waals surface area (Å²) in [7, 11) is 0. The van der Waals surface area contributed by atoms with E-state index in [9.17, 15) is 18.0 Å². The molecule has 2 aromatic rings. The van der Waals surface area contributed by atoms with Gasteiger partial charge in [0, 0.05) is 16.6 Å². The summed E-state index contributed by atoms with van der Waals surface area (Å²) in [6.07, 6.45) is -5.04. The van der Waals surface area contributed by atoms with Crippen molar-refractivity contribution in [3.8, 4) is 0 Å². The summed E-state index contributed by atoms with van der Waals surface area (Å²) in [6.45, 7) is 0. The fourth-order valence-electron chi connectivity index (χ4n) is 3.50. The molecule has 2 atom stereocenters. The SMILES string of the molecule is O=C1N(c2ccc(Br)cc2)[C@H](c2ccccc2)[C@]12CC(C(F)(F)F)=NN2. The van der Waals surface area contributed by atoms with Crippen LogP contribution in [0, 0.1) is 0 Å². The van der Waals surface area contributed by atoms with Crippen LogP contribution >= 0.6 is 15.9 Å². The van der Waals surface area contributed by atoms with Gasteiger partial charge < -0.3 is 0 Å². The Morgan fingerprint density at radius 3 is 2.35 bits per heavy atom. The first-order valence-electron chi connectivity index (χ1n) is 7.88. The fourth-order valence-corrected chi connectivity index (χ4v) is 3.76. The Bertz CT molecular complexity index is 883. The lowest BCUT2D eigenvalue weighted by Crippen LogP contribution is -2.73. The van der Waals surface area contributed by atoms with Crippen molar-refractivity contribution < 1.29 is 18.0 Å². The van der Waals surface area contributed by atoms with E-state index in [-0.39, 0.29) is 0 Å². The molecule has 26 heavy (non-hydrogen) atoms. The maximum Gasteiger partial charge on any atom is 0.431 e. The first kappa shape index (κ1) is 17.1. The van der Waals surface area contributed by atoms with Gasteiger partial charge in [0.05, 0.1) is 6.04 Å². The van der Waals surface area contributed by atoms with E-state index < -0.39 is 35.8 Å². The van der Waals surface area contributed by atoms with Gasteiger partial charge in [0.15, 0.2) is 5.54 Å². The van der Waals surface area contributed by atoms with E-state index in [2.05, 4.69) is 26.5 Å². The Morgan fingerprint density at radius 1 is 1.12 bits per heavy atom. The van der Waals surface area contributed by atoms with Crippen LogP contribution in [0.25, 0.3) is 0 Å². The van der Waals surface area contributed by atoms with Gasteiger partial charge in [0.25, 0.3) is 5.91 Å². The zero-order valence-corrected chi connectivity index (χ0v) is 14.9. The Kier molecular flexibility index (Phi) is 3.83. The molecule has 134 valence electrons. The third-order valence-corrected chi connectivity index (χ3v) is 5.24. The van der Waals surface area contributed by atoms with Crippen LogP contribution in [0.4, 0.5) is 18.9 Å². The Labute approximate surface area is 155 Å². The summed E-state index contributed by atoms with van der Waals surface area (Å²) in [5, 5.41) is 3.44. The highest BCUT2D eigenvalue weighted by molar-refractivity contribution is 9.10. The molecular formula is C18H13BrF3N3O. The number of carbonyl (C=O) groups is 1. The molecule has 1 N–H and O–H groups in total. The van der Waals surface area contributed by atoms with E-state index in [1.54, 1.807) is 48.5 Å². The number of alkyl halides is 3. The number of halogens is 4. The molecule has 0 bridgehead atoms. The number of benzene rings is 2. The molecule has 1 fully saturated rings. The largest absolute Gasteiger partial charge is 0.431 e. The molecule has 0 aromatic heterocycles. The normalized spacial score (nSPS) is 25.1. The van der Waals surface area contributed by atoms with Crippen molar-refractivity contribution >= 4 is 33.2 Å². The molecule has 1 saturated heterocycles. The van der Waals surface area contributed by atoms with Gasteiger partial charge >= 0.3 is 6.18 Å². The van der Waals surface area contributed by atoms with Crippen LogP contribution in [0.5, 0.6) is 0 Å². The molecule has 2 aromatic carbocycles. The number of nitrogens with zero attached hydrogens (tertiary/aromatic N) is 2. The summed E-state index contributed by atoms with van der Waals surface area (Å²) in [4.78, 5) is 14.5. The van der Waals surface area contributed by atoms with E-state index in [0.717, 1.165) is 10.0 Å². The highest BCUT2D eigenvalue weighted by Gasteiger charge is 2.66. The molecule has 4 nitrogen and oxygen atoms in total. The van der Waals surface area contributed by atoms with Gasteiger partial charge in [0.2, 0.25) is 0 Å². The third kappa shape index (κ3) is 2.51. The van der Waals surface area contributed by atoms with Gasteiger partial charge in [0.1, 0.15) is 5.71 Å². The molecule has 2 aliphatic rings. The van der Waals surface area contributed by atoms with Crippen molar-refractivity contribution in [2.75, 3.05) is 4.90 Å². The Hall–Kier alpha value is -2.35. The van der Waals surface area contributed by atoms with Gasteiger partial charge in [-0.05, 0) is 29.8 Å². The number of rotatable bonds is 2. The van der Waals surface area contributed by atoms with Gasteiger partial charge in [-0.25, -0.2) is 0 Å². The van der Waals surface area contributed by atoms with Crippen LogP contribution in [0.3, 0.4) is 0 Å². The minimum atomic E-state index is -4.56. The van der Waals surface area contributed by atoms with Crippen LogP contribution in [0.1, 0.15) is 18.0 Å². The van der Waals surface area contributed by atoms with E-state index in [1.807, 2.05) is 6.07 Å². The van der Waals surface area contributed by atoms with Crippen molar-refractivity contribution in [1.82, 2.24) is 5.43 Å². The minimum absolute atomic E-state index is 0.420. The van der Waals surface area contributed by atoms with Crippen molar-refractivity contribution in [2.24, 2.45) is 5.10 Å². The fraction of sp³-hybridized carbons (Fsp3) is 0.222. The quantitative estimate of drug-likeness (QED) is 0.736. The molecule has 2 heterocycles. The molecule has 1 amide bonds. The lowest BCUT2D eigenvalue weighted by molar-refractivity contribution is -0.134. The molecule has 4 rings (SSSR count). The highest BCUT2D eigenvalue weighted by Crippen LogP contribution is 2.50. The summed E-state index contributed by atoms with van der Waals surface area (Å²) in [5.74, 6) is -0.420. The molecule has 8 heteroatoms. The second kappa shape index (κ2) is 5.84. The van der Waals surface area contributed by atoms with Crippen LogP contribution in [0.2, 0.25) is 0 Å². The number of anilines is 1. The van der Waals surface area contributed by atoms with E-state index >= 15 is 0 Å². The summed E-state index contributed by atoms with van der Waals surface area (Å²) >= 11 is 3.34. The average molecular weight is 424 g/mol. The van der Waals surface area contributed by atoms with Gasteiger partial charge in [-0.3, -0.25) is 15.1 Å². The lowest BCUT2D eigenvalue weighted by atomic mass is 9.72. The van der Waals surface area contributed by atoms with Crippen molar-refractivity contribution in [2.45, 2.75) is 24.2 Å². The molecule has 0 saturated carbocycles. The number of hydrazone groups is 1. The summed E-state index contributed by atoms with van der Waals surface area (Å²) < 4.78 is 40.1. The van der Waals surface area contributed by atoms with E-state index in [0.29, 0.717) is 5.69 Å². The van der Waals surface area contributed by atoms with Gasteiger partial charge in [-0.15, -0.1) is 0 Å². The van der Waals surface area contributed by atoms with Crippen molar-refractivity contribution in [3.05, 3.63) is 64.6 Å². The lowest BCUT2D eigenvalue weighted by Gasteiger charge is -2.54. The zero-order valence-electron chi connectivity index (χ0n) is 13.3. The van der Waals surface area contributed by atoms with Crippen LogP contribution in [0.15, 0.2) is 64.2 Å². The minimum Gasteiger partial charge on any atom is -0.300 e. The first-order chi connectivity index (χ1) is 12.3. The van der Waals surface area contributed by atoms with Crippen LogP contribution < -0.4 is 10.3 Å². The molecule has 0 aliphatic carbocycles. The van der Waals surface area contributed by atoms with Gasteiger partial charge in [-0.2, -0.15) is 18.3 Å². The third-order valence-electron chi connectivity index (χ3n) is 4.71. The maximum atomic E-state index is 13.1. The number of carbonyl (C=O) groups excluding carboxylic acids is 1. The topological polar surface area (TPSA) is 44.7 Å². The number of nitrogens with one attached hydrogen (secondary N) is 1. The second-order valence-electron chi connectivity index (χ2n) is 6.28. The molecule has 0 unspecified atom stereocenters. The maximum absolute atomic E-state index is 13.1. The highest BCUT2D eigenvalue weighted by atomic mass is 79.9. The summed E-state index contributed by atoms with van der Waals surface area (Å²) in [5.41, 5.74) is 1.52. The Morgan fingerprint density at radius 2 is 1.77 bits per heavy atom. The van der Waals surface area contributed by atoms with Crippen molar-refractivity contribution in [3.63, 3.8) is 0 Å². The van der Waals surface area contributed by atoms with Crippen LogP contribution in [-0.2, 0) is 4.79 Å². The first-order valence-corrected chi connectivity index (χ1v) is 8.67. The Balaban J connectivity index is 1.74. The van der Waals surface area contributed by atoms with Crippen molar-refractivity contribution in [1.29, 1.82) is 0 Å². The zero-order chi connectivity index (χ0) is 18.5. The van der Waals surface area contributed by atoms with E-state index in [1.165, 1.54) is 4.90 Å².